The van der Waals surface area contributed by atoms with Crippen LogP contribution in [0.1, 0.15) is 22.9 Å². The zero-order chi connectivity index (χ0) is 30.2. The molecule has 0 N–H and O–H groups in total. The Bertz CT molecular complexity index is 2000. The number of hydrogen-bond donors (Lipinski definition) is 0. The quantitative estimate of drug-likeness (QED) is 0.131. The van der Waals surface area contributed by atoms with Gasteiger partial charge in [0.2, 0.25) is 0 Å². The number of benzene rings is 6. The molecule has 2 heterocycles. The van der Waals surface area contributed by atoms with Crippen molar-refractivity contribution in [3.63, 3.8) is 0 Å². The number of nitrogens with zero attached hydrogens (tertiary/aromatic N) is 2. The molecule has 218 valence electrons. The Morgan fingerprint density at radius 2 is 1.11 bits per heavy atom. The molecule has 1 aromatic heterocycles. The van der Waals surface area contributed by atoms with Gasteiger partial charge in [0.25, 0.3) is 0 Å². The Balaban J connectivity index is 1.40. The first kappa shape index (κ1) is 28.0. The van der Waals surface area contributed by atoms with Gasteiger partial charge >= 0.3 is 272 Å². The number of hydrogen-bond acceptors (Lipinski definition) is 4. The van der Waals surface area contributed by atoms with E-state index in [2.05, 4.69) is 148 Å². The molecule has 1 aliphatic heterocycles. The summed E-state index contributed by atoms with van der Waals surface area (Å²) in [5, 5.41) is 4.56. The maximum absolute atomic E-state index is 7.27. The Morgan fingerprint density at radius 3 is 1.69 bits per heavy atom. The minimum absolute atomic E-state index is 0.256. The molecule has 0 aliphatic carbocycles. The van der Waals surface area contributed by atoms with Gasteiger partial charge in [-0.15, -0.1) is 0 Å². The monoisotopic (exact) mass is 668 g/mol. The van der Waals surface area contributed by atoms with Crippen LogP contribution in [0.2, 0.25) is 0 Å². The molecule has 0 saturated carbocycles. The first-order chi connectivity index (χ1) is 22.2. The SMILES string of the molecule is [Se-][P+]1(N(Cc2ccccc2)C(c2ccccc2)c2ccccn2)Oc2ccc3ccccc3c2-c2c(ccc3ccccc23)O1. The van der Waals surface area contributed by atoms with Crippen molar-refractivity contribution in [1.82, 2.24) is 9.65 Å². The fourth-order valence-electron chi connectivity index (χ4n) is 6.30. The number of pyridine rings is 1. The molecule has 0 bridgehead atoms. The Kier molecular flexibility index (Phi) is 7.33. The Morgan fingerprint density at radius 1 is 0.578 bits per heavy atom. The zero-order valence-electron chi connectivity index (χ0n) is 24.4. The van der Waals surface area contributed by atoms with Gasteiger partial charge in [0.1, 0.15) is 0 Å². The van der Waals surface area contributed by atoms with Gasteiger partial charge in [0.15, 0.2) is 0 Å². The van der Waals surface area contributed by atoms with Crippen molar-refractivity contribution in [3.8, 4) is 22.6 Å². The molecule has 6 aromatic carbocycles. The van der Waals surface area contributed by atoms with Crippen LogP contribution in [0.4, 0.5) is 0 Å². The number of aromatic nitrogens is 1. The number of rotatable bonds is 6. The second-order valence-corrected chi connectivity index (χ2v) is 15.8. The van der Waals surface area contributed by atoms with Crippen LogP contribution in [0, 0.1) is 0 Å². The number of fused-ring (bicyclic) bond motifs is 7. The van der Waals surface area contributed by atoms with E-state index in [1.807, 2.05) is 30.5 Å². The molecule has 0 saturated heterocycles. The van der Waals surface area contributed by atoms with Crippen molar-refractivity contribution in [1.29, 1.82) is 0 Å². The van der Waals surface area contributed by atoms with Crippen molar-refractivity contribution in [2.75, 3.05) is 0 Å². The van der Waals surface area contributed by atoms with E-state index in [-0.39, 0.29) is 6.04 Å². The van der Waals surface area contributed by atoms with Crippen molar-refractivity contribution in [3.05, 3.63) is 175 Å². The minimum atomic E-state index is -3.02. The van der Waals surface area contributed by atoms with Crippen LogP contribution in [0.15, 0.2) is 158 Å². The first-order valence-electron chi connectivity index (χ1n) is 15.0. The molecule has 0 radical (unpaired) electrons. The summed E-state index contributed by atoms with van der Waals surface area (Å²) in [4.78, 5) is 4.89. The van der Waals surface area contributed by atoms with Gasteiger partial charge in [-0.3, -0.25) is 0 Å². The molecule has 45 heavy (non-hydrogen) atoms. The summed E-state index contributed by atoms with van der Waals surface area (Å²) in [5.74, 6) is 1.59. The molecular weight excluding hydrogens is 638 g/mol. The summed E-state index contributed by atoms with van der Waals surface area (Å²) in [7, 11) is 0. The van der Waals surface area contributed by atoms with Crippen molar-refractivity contribution < 1.29 is 9.05 Å². The van der Waals surface area contributed by atoms with Gasteiger partial charge in [0, 0.05) is 0 Å². The van der Waals surface area contributed by atoms with Crippen molar-refractivity contribution >= 4 is 43.7 Å². The van der Waals surface area contributed by atoms with Gasteiger partial charge in [-0.05, 0) is 0 Å². The second-order valence-electron chi connectivity index (χ2n) is 11.1. The predicted molar refractivity (Wildman–Crippen MR) is 185 cm³/mol. The molecule has 6 heteroatoms. The molecule has 1 atom stereocenters. The molecule has 8 rings (SSSR count). The van der Waals surface area contributed by atoms with E-state index in [4.69, 9.17) is 14.0 Å². The molecule has 1 unspecified atom stereocenters. The molecule has 4 nitrogen and oxygen atoms in total. The van der Waals surface area contributed by atoms with Crippen LogP contribution < -0.4 is 9.05 Å². The first-order valence-corrected chi connectivity index (χ1v) is 18.8. The van der Waals surface area contributed by atoms with Crippen LogP contribution in [-0.2, 0) is 6.54 Å². The molecule has 1 aliphatic rings. The molecule has 0 amide bonds. The average molecular weight is 668 g/mol. The van der Waals surface area contributed by atoms with E-state index in [1.54, 1.807) is 0 Å². The fraction of sp³-hybridized carbons (Fsp3) is 0.0513. The summed E-state index contributed by atoms with van der Waals surface area (Å²) >= 11 is 3.52. The third-order valence-electron chi connectivity index (χ3n) is 8.34. The summed E-state index contributed by atoms with van der Waals surface area (Å²) in [6.45, 7) is -2.45. The van der Waals surface area contributed by atoms with Crippen LogP contribution in [0.5, 0.6) is 11.5 Å². The molecular formula is C39H29N2O2PSe. The van der Waals surface area contributed by atoms with Crippen LogP contribution in [0.25, 0.3) is 32.7 Å². The van der Waals surface area contributed by atoms with Gasteiger partial charge in [-0.1, -0.05) is 0 Å². The molecule has 7 aromatic rings. The summed E-state index contributed by atoms with van der Waals surface area (Å²) in [6, 6.07) is 52.3. The predicted octanol–water partition coefficient (Wildman–Crippen LogP) is 9.96. The van der Waals surface area contributed by atoms with Gasteiger partial charge in [-0.25, -0.2) is 0 Å². The Labute approximate surface area is 271 Å². The van der Waals surface area contributed by atoms with E-state index >= 15 is 0 Å². The second kappa shape index (κ2) is 11.8. The van der Waals surface area contributed by atoms with E-state index < -0.39 is 6.56 Å². The topological polar surface area (TPSA) is 34.6 Å². The van der Waals surface area contributed by atoms with Gasteiger partial charge in [-0.2, -0.15) is 0 Å². The van der Waals surface area contributed by atoms with E-state index in [0.717, 1.165) is 61.0 Å². The maximum atomic E-state index is 7.27. The summed E-state index contributed by atoms with van der Waals surface area (Å²) < 4.78 is 16.9. The fourth-order valence-corrected chi connectivity index (χ4v) is 10.2. The summed E-state index contributed by atoms with van der Waals surface area (Å²) in [6.07, 6.45) is 1.86. The van der Waals surface area contributed by atoms with E-state index in [9.17, 15) is 0 Å². The van der Waals surface area contributed by atoms with E-state index in [0.29, 0.717) is 6.54 Å². The molecule has 0 fully saturated rings. The third kappa shape index (κ3) is 5.19. The standard InChI is InChI=1S/C39H29N2O2PSe/c45-44(41(27-28-13-3-1-4-14-28)39(31-17-5-2-6-18-31)34-21-11-12-26-40-34)42-35-24-22-29-15-7-9-19-32(29)37(35)38-33-20-10-8-16-30(33)23-25-36(38)43-44/h1-26,39H,27H2. The average Bonchev–Trinajstić information content (AvgIpc) is 3.23. The van der Waals surface area contributed by atoms with Crippen LogP contribution in [-0.4, -0.2) is 25.2 Å². The zero-order valence-corrected chi connectivity index (χ0v) is 27.0. The third-order valence-corrected chi connectivity index (χ3v) is 12.5. The van der Waals surface area contributed by atoms with Crippen LogP contribution >= 0.6 is 6.56 Å². The Hall–Kier alpha value is -4.50. The van der Waals surface area contributed by atoms with Gasteiger partial charge < -0.3 is 0 Å². The van der Waals surface area contributed by atoms with Crippen molar-refractivity contribution in [2.24, 2.45) is 0 Å². The summed E-state index contributed by atoms with van der Waals surface area (Å²) in [5.41, 5.74) is 5.27. The van der Waals surface area contributed by atoms with Gasteiger partial charge in [0.05, 0.1) is 0 Å². The van der Waals surface area contributed by atoms with Crippen LogP contribution in [0.3, 0.4) is 0 Å². The molecule has 0 spiro atoms. The normalized spacial score (nSPS) is 14.2. The van der Waals surface area contributed by atoms with E-state index in [1.165, 1.54) is 0 Å². The van der Waals surface area contributed by atoms with Crippen molar-refractivity contribution in [2.45, 2.75) is 12.6 Å².